The van der Waals surface area contributed by atoms with Crippen molar-refractivity contribution in [1.29, 1.82) is 0 Å². The molecule has 0 unspecified atom stereocenters. The van der Waals surface area contributed by atoms with E-state index in [9.17, 15) is 0 Å². The van der Waals surface area contributed by atoms with Crippen LogP contribution in [0.25, 0.3) is 11.3 Å². The number of thiazole rings is 1. The van der Waals surface area contributed by atoms with Gasteiger partial charge < -0.3 is 5.32 Å². The second-order valence-electron chi connectivity index (χ2n) is 4.58. The fourth-order valence-electron chi connectivity index (χ4n) is 2.04. The van der Waals surface area contributed by atoms with Crippen LogP contribution in [0.15, 0.2) is 66.0 Å². The molecule has 2 nitrogen and oxygen atoms in total. The highest BCUT2D eigenvalue weighted by molar-refractivity contribution is 7.09. The summed E-state index contributed by atoms with van der Waals surface area (Å²) >= 11 is 1.71. The van der Waals surface area contributed by atoms with E-state index in [-0.39, 0.29) is 0 Å². The lowest BCUT2D eigenvalue weighted by molar-refractivity contribution is 0.690. The molecule has 0 atom stereocenters. The lowest BCUT2D eigenvalue weighted by Gasteiger charge is -2.02. The smallest absolute Gasteiger partial charge is 0.107 e. The highest BCUT2D eigenvalue weighted by Crippen LogP contribution is 2.21. The molecule has 0 aliphatic rings. The first-order chi connectivity index (χ1) is 9.92. The Bertz CT molecular complexity index is 647. The topological polar surface area (TPSA) is 24.9 Å². The maximum absolute atomic E-state index is 4.67. The lowest BCUT2D eigenvalue weighted by atomic mass is 10.2. The van der Waals surface area contributed by atoms with Crippen molar-refractivity contribution in [3.8, 4) is 11.3 Å². The molecule has 0 fully saturated rings. The predicted molar refractivity (Wildman–Crippen MR) is 84.5 cm³/mol. The zero-order valence-electron chi connectivity index (χ0n) is 11.1. The summed E-state index contributed by atoms with van der Waals surface area (Å²) in [6, 6.07) is 20.7. The number of nitrogens with one attached hydrogen (secondary N) is 1. The van der Waals surface area contributed by atoms with Crippen LogP contribution in [0, 0.1) is 0 Å². The standard InChI is InChI=1S/C17H16N2S/c1-3-7-14(8-4-1)11-18-12-17-19-16(13-20-17)15-9-5-2-6-10-15/h1-10,13,18H,11-12H2. The Kier molecular flexibility index (Phi) is 4.21. The Labute approximate surface area is 123 Å². The van der Waals surface area contributed by atoms with E-state index in [1.807, 2.05) is 24.3 Å². The first-order valence-corrected chi connectivity index (χ1v) is 7.54. The summed E-state index contributed by atoms with van der Waals surface area (Å²) in [7, 11) is 0. The van der Waals surface area contributed by atoms with Gasteiger partial charge in [-0.05, 0) is 5.56 Å². The van der Waals surface area contributed by atoms with Crippen LogP contribution in [-0.2, 0) is 13.1 Å². The summed E-state index contributed by atoms with van der Waals surface area (Å²) in [6.45, 7) is 1.69. The van der Waals surface area contributed by atoms with E-state index in [0.717, 1.165) is 23.8 Å². The van der Waals surface area contributed by atoms with Crippen LogP contribution in [0.1, 0.15) is 10.6 Å². The van der Waals surface area contributed by atoms with Crippen LogP contribution in [0.4, 0.5) is 0 Å². The molecule has 0 bridgehead atoms. The molecule has 100 valence electrons. The van der Waals surface area contributed by atoms with Crippen molar-refractivity contribution in [3.63, 3.8) is 0 Å². The van der Waals surface area contributed by atoms with Crippen LogP contribution in [0.5, 0.6) is 0 Å². The van der Waals surface area contributed by atoms with Gasteiger partial charge in [0.2, 0.25) is 0 Å². The van der Waals surface area contributed by atoms with Crippen molar-refractivity contribution in [1.82, 2.24) is 10.3 Å². The minimum Gasteiger partial charge on any atom is -0.306 e. The van der Waals surface area contributed by atoms with Gasteiger partial charge in [-0.2, -0.15) is 0 Å². The zero-order chi connectivity index (χ0) is 13.6. The fraction of sp³-hybridized carbons (Fsp3) is 0.118. The van der Waals surface area contributed by atoms with Crippen LogP contribution < -0.4 is 5.32 Å². The molecule has 0 aliphatic heterocycles. The summed E-state index contributed by atoms with van der Waals surface area (Å²) in [5.41, 5.74) is 3.54. The van der Waals surface area contributed by atoms with E-state index in [1.54, 1.807) is 11.3 Å². The maximum Gasteiger partial charge on any atom is 0.107 e. The molecule has 3 rings (SSSR count). The normalized spacial score (nSPS) is 10.6. The third-order valence-electron chi connectivity index (χ3n) is 3.07. The Morgan fingerprint density at radius 2 is 1.55 bits per heavy atom. The molecule has 3 aromatic rings. The van der Waals surface area contributed by atoms with Gasteiger partial charge in [-0.3, -0.25) is 0 Å². The number of rotatable bonds is 5. The molecule has 0 saturated heterocycles. The maximum atomic E-state index is 4.67. The van der Waals surface area contributed by atoms with E-state index < -0.39 is 0 Å². The monoisotopic (exact) mass is 280 g/mol. The van der Waals surface area contributed by atoms with Crippen molar-refractivity contribution in [2.45, 2.75) is 13.1 Å². The van der Waals surface area contributed by atoms with Gasteiger partial charge >= 0.3 is 0 Å². The van der Waals surface area contributed by atoms with Crippen molar-refractivity contribution < 1.29 is 0 Å². The number of hydrogen-bond donors (Lipinski definition) is 1. The van der Waals surface area contributed by atoms with Crippen LogP contribution in [0.2, 0.25) is 0 Å². The Balaban J connectivity index is 1.58. The van der Waals surface area contributed by atoms with Gasteiger partial charge in [0.15, 0.2) is 0 Å². The first-order valence-electron chi connectivity index (χ1n) is 6.66. The van der Waals surface area contributed by atoms with Gasteiger partial charge in [0.25, 0.3) is 0 Å². The largest absolute Gasteiger partial charge is 0.306 e. The fourth-order valence-corrected chi connectivity index (χ4v) is 2.82. The zero-order valence-corrected chi connectivity index (χ0v) is 11.9. The van der Waals surface area contributed by atoms with Gasteiger partial charge in [-0.25, -0.2) is 4.98 Å². The molecule has 0 aliphatic carbocycles. The molecule has 0 radical (unpaired) electrons. The summed E-state index contributed by atoms with van der Waals surface area (Å²) in [5.74, 6) is 0. The number of hydrogen-bond acceptors (Lipinski definition) is 3. The third-order valence-corrected chi connectivity index (χ3v) is 3.92. The van der Waals surface area contributed by atoms with Crippen molar-refractivity contribution in [2.24, 2.45) is 0 Å². The van der Waals surface area contributed by atoms with E-state index >= 15 is 0 Å². The number of aromatic nitrogens is 1. The Hall–Kier alpha value is -1.97. The SMILES string of the molecule is c1ccc(CNCc2nc(-c3ccccc3)cs2)cc1. The molecule has 20 heavy (non-hydrogen) atoms. The first kappa shape index (κ1) is 13.0. The molecule has 1 N–H and O–H groups in total. The van der Waals surface area contributed by atoms with E-state index in [2.05, 4.69) is 52.1 Å². The summed E-state index contributed by atoms with van der Waals surface area (Å²) < 4.78 is 0. The van der Waals surface area contributed by atoms with Crippen molar-refractivity contribution in [2.75, 3.05) is 0 Å². The molecule has 1 heterocycles. The average molecular weight is 280 g/mol. The minimum atomic E-state index is 0.812. The summed E-state index contributed by atoms with van der Waals surface area (Å²) in [6.07, 6.45) is 0. The Morgan fingerprint density at radius 3 is 2.30 bits per heavy atom. The van der Waals surface area contributed by atoms with Crippen LogP contribution in [0.3, 0.4) is 0 Å². The summed E-state index contributed by atoms with van der Waals surface area (Å²) in [4.78, 5) is 4.67. The number of nitrogens with zero attached hydrogens (tertiary/aromatic N) is 1. The second kappa shape index (κ2) is 6.46. The molecular formula is C17H16N2S. The average Bonchev–Trinajstić information content (AvgIpc) is 2.98. The van der Waals surface area contributed by atoms with Crippen molar-refractivity contribution >= 4 is 11.3 Å². The molecule has 0 amide bonds. The minimum absolute atomic E-state index is 0.812. The van der Waals surface area contributed by atoms with E-state index in [1.165, 1.54) is 11.1 Å². The van der Waals surface area contributed by atoms with Crippen molar-refractivity contribution in [3.05, 3.63) is 76.6 Å². The molecule has 0 saturated carbocycles. The lowest BCUT2D eigenvalue weighted by Crippen LogP contribution is -2.12. The highest BCUT2D eigenvalue weighted by Gasteiger charge is 2.03. The van der Waals surface area contributed by atoms with E-state index in [4.69, 9.17) is 0 Å². The molecule has 2 aromatic carbocycles. The Morgan fingerprint density at radius 1 is 0.850 bits per heavy atom. The third kappa shape index (κ3) is 3.32. The quantitative estimate of drug-likeness (QED) is 0.761. The van der Waals surface area contributed by atoms with Crippen LogP contribution >= 0.6 is 11.3 Å². The molecular weight excluding hydrogens is 264 g/mol. The van der Waals surface area contributed by atoms with Gasteiger partial charge in [0.1, 0.15) is 5.01 Å². The summed E-state index contributed by atoms with van der Waals surface area (Å²) in [5, 5.41) is 6.68. The van der Waals surface area contributed by atoms with Crippen LogP contribution in [-0.4, -0.2) is 4.98 Å². The highest BCUT2D eigenvalue weighted by atomic mass is 32.1. The van der Waals surface area contributed by atoms with Gasteiger partial charge in [0, 0.05) is 24.0 Å². The van der Waals surface area contributed by atoms with E-state index in [0.29, 0.717) is 0 Å². The van der Waals surface area contributed by atoms with Gasteiger partial charge in [-0.15, -0.1) is 11.3 Å². The molecule has 3 heteroatoms. The predicted octanol–water partition coefficient (Wildman–Crippen LogP) is 4.10. The molecule has 1 aromatic heterocycles. The molecule has 0 spiro atoms. The van der Waals surface area contributed by atoms with Gasteiger partial charge in [0.05, 0.1) is 5.69 Å². The number of benzene rings is 2. The second-order valence-corrected chi connectivity index (χ2v) is 5.52. The van der Waals surface area contributed by atoms with Gasteiger partial charge in [-0.1, -0.05) is 60.7 Å².